The van der Waals surface area contributed by atoms with Crippen LogP contribution in [0.1, 0.15) is 44.1 Å². The molecule has 108 valence electrons. The van der Waals surface area contributed by atoms with Crippen LogP contribution < -0.4 is 0 Å². The zero-order chi connectivity index (χ0) is 13.7. The second kappa shape index (κ2) is 4.82. The van der Waals surface area contributed by atoms with E-state index in [1.165, 1.54) is 50.3 Å². The summed E-state index contributed by atoms with van der Waals surface area (Å²) in [5.74, 6) is 3.94. The maximum atomic E-state index is 13.7. The van der Waals surface area contributed by atoms with Crippen LogP contribution in [0.5, 0.6) is 0 Å². The second-order valence-electron chi connectivity index (χ2n) is 7.37. The van der Waals surface area contributed by atoms with Gasteiger partial charge in [0.2, 0.25) is 0 Å². The lowest BCUT2D eigenvalue weighted by atomic mass is 9.51. The molecule has 0 amide bonds. The molecule has 0 heterocycles. The molecule has 4 fully saturated rings. The summed E-state index contributed by atoms with van der Waals surface area (Å²) >= 11 is 0. The first-order valence-corrected chi connectivity index (χ1v) is 8.13. The van der Waals surface area contributed by atoms with Crippen LogP contribution in [-0.4, -0.2) is 0 Å². The Morgan fingerprint density at radius 2 is 1.55 bits per heavy atom. The molecule has 4 saturated carbocycles. The zero-order valence-corrected chi connectivity index (χ0v) is 11.8. The Morgan fingerprint density at radius 3 is 2.20 bits per heavy atom. The van der Waals surface area contributed by atoms with Gasteiger partial charge in [0, 0.05) is 0 Å². The average Bonchev–Trinajstić information content (AvgIpc) is 2.41. The summed E-state index contributed by atoms with van der Waals surface area (Å²) in [5.41, 5.74) is 0.568. The minimum absolute atomic E-state index is 0.241. The Bertz CT molecular complexity index is 480. The zero-order valence-electron chi connectivity index (χ0n) is 11.8. The van der Waals surface area contributed by atoms with Gasteiger partial charge in [-0.05, 0) is 98.3 Å². The number of aryl methyl sites for hydroxylation is 1. The van der Waals surface area contributed by atoms with Gasteiger partial charge in [-0.15, -0.1) is 0 Å². The molecule has 2 heteroatoms. The van der Waals surface area contributed by atoms with Gasteiger partial charge in [0.05, 0.1) is 0 Å². The van der Waals surface area contributed by atoms with Crippen molar-refractivity contribution in [3.63, 3.8) is 0 Å². The molecule has 5 rings (SSSR count). The van der Waals surface area contributed by atoms with Crippen LogP contribution in [0.25, 0.3) is 0 Å². The molecular formula is C18H22F2. The van der Waals surface area contributed by atoms with Gasteiger partial charge >= 0.3 is 0 Å². The van der Waals surface area contributed by atoms with Crippen LogP contribution >= 0.6 is 0 Å². The van der Waals surface area contributed by atoms with Gasteiger partial charge in [-0.25, -0.2) is 8.78 Å². The van der Waals surface area contributed by atoms with Crippen LogP contribution in [0.15, 0.2) is 18.2 Å². The molecule has 4 aliphatic rings. The molecule has 1 aromatic rings. The van der Waals surface area contributed by atoms with Crippen molar-refractivity contribution >= 4 is 0 Å². The highest BCUT2D eigenvalue weighted by molar-refractivity contribution is 5.19. The lowest BCUT2D eigenvalue weighted by molar-refractivity contribution is -0.0394. The fourth-order valence-electron chi connectivity index (χ4n) is 5.57. The molecule has 0 saturated heterocycles. The SMILES string of the molecule is Fc1ccc(F)c(CCC2C3CC4CC(C3)CC2C4)c1. The van der Waals surface area contributed by atoms with E-state index in [9.17, 15) is 8.78 Å². The highest BCUT2D eigenvalue weighted by atomic mass is 19.1. The Balaban J connectivity index is 1.46. The summed E-state index contributed by atoms with van der Waals surface area (Å²) in [6.45, 7) is 0. The molecule has 4 aliphatic carbocycles. The molecule has 0 radical (unpaired) electrons. The van der Waals surface area contributed by atoms with Gasteiger partial charge in [-0.2, -0.15) is 0 Å². The van der Waals surface area contributed by atoms with E-state index in [1.807, 2.05) is 0 Å². The molecule has 0 spiro atoms. The third-order valence-corrected chi connectivity index (χ3v) is 6.18. The molecule has 1 aromatic carbocycles. The van der Waals surface area contributed by atoms with Gasteiger partial charge in [0.1, 0.15) is 11.6 Å². The van der Waals surface area contributed by atoms with Crippen LogP contribution in [0.2, 0.25) is 0 Å². The Labute approximate surface area is 119 Å². The molecule has 4 bridgehead atoms. The van der Waals surface area contributed by atoms with Crippen molar-refractivity contribution in [2.24, 2.45) is 29.6 Å². The molecule has 0 N–H and O–H groups in total. The van der Waals surface area contributed by atoms with Crippen LogP contribution in [0, 0.1) is 41.2 Å². The third kappa shape index (κ3) is 2.17. The number of benzene rings is 1. The quantitative estimate of drug-likeness (QED) is 0.731. The first-order chi connectivity index (χ1) is 9.69. The third-order valence-electron chi connectivity index (χ3n) is 6.18. The molecule has 0 atom stereocenters. The van der Waals surface area contributed by atoms with E-state index in [0.717, 1.165) is 36.0 Å². The van der Waals surface area contributed by atoms with Crippen molar-refractivity contribution in [3.05, 3.63) is 35.4 Å². The van der Waals surface area contributed by atoms with E-state index in [2.05, 4.69) is 0 Å². The maximum Gasteiger partial charge on any atom is 0.126 e. The Kier molecular flexibility index (Phi) is 3.08. The second-order valence-corrected chi connectivity index (χ2v) is 7.37. The molecule has 0 aromatic heterocycles. The molecule has 20 heavy (non-hydrogen) atoms. The smallest absolute Gasteiger partial charge is 0.126 e. The lowest BCUT2D eigenvalue weighted by Crippen LogP contribution is -2.45. The molecule has 0 aliphatic heterocycles. The van der Waals surface area contributed by atoms with Crippen molar-refractivity contribution in [2.45, 2.75) is 44.9 Å². The van der Waals surface area contributed by atoms with Crippen LogP contribution in [0.3, 0.4) is 0 Å². The van der Waals surface area contributed by atoms with Crippen molar-refractivity contribution in [1.82, 2.24) is 0 Å². The first kappa shape index (κ1) is 12.8. The Morgan fingerprint density at radius 1 is 0.900 bits per heavy atom. The summed E-state index contributed by atoms with van der Waals surface area (Å²) in [6.07, 6.45) is 8.85. The summed E-state index contributed by atoms with van der Waals surface area (Å²) in [4.78, 5) is 0. The summed E-state index contributed by atoms with van der Waals surface area (Å²) in [6, 6.07) is 3.86. The summed E-state index contributed by atoms with van der Waals surface area (Å²) in [5, 5.41) is 0. The average molecular weight is 276 g/mol. The van der Waals surface area contributed by atoms with Crippen molar-refractivity contribution < 1.29 is 8.78 Å². The van der Waals surface area contributed by atoms with E-state index in [4.69, 9.17) is 0 Å². The number of halogens is 2. The molecular weight excluding hydrogens is 254 g/mol. The monoisotopic (exact) mass is 276 g/mol. The predicted molar refractivity (Wildman–Crippen MR) is 75.2 cm³/mol. The van der Waals surface area contributed by atoms with Gasteiger partial charge < -0.3 is 0 Å². The number of hydrogen-bond donors (Lipinski definition) is 0. The molecule has 0 nitrogen and oxygen atoms in total. The van der Waals surface area contributed by atoms with Crippen molar-refractivity contribution in [3.8, 4) is 0 Å². The van der Waals surface area contributed by atoms with E-state index in [0.29, 0.717) is 12.0 Å². The number of hydrogen-bond acceptors (Lipinski definition) is 0. The summed E-state index contributed by atoms with van der Waals surface area (Å²) < 4.78 is 27.0. The maximum absolute atomic E-state index is 13.7. The minimum Gasteiger partial charge on any atom is -0.207 e. The standard InChI is InChI=1S/C18H22F2/c19-16-2-4-18(20)13(10-16)1-3-17-14-6-11-5-12(8-14)9-15(17)7-11/h2,4,10-12,14-15,17H,1,3,5-9H2. The van der Waals surface area contributed by atoms with Crippen LogP contribution in [0.4, 0.5) is 8.78 Å². The predicted octanol–water partition coefficient (Wildman–Crippen LogP) is 4.97. The molecule has 0 unspecified atom stereocenters. The fraction of sp³-hybridized carbons (Fsp3) is 0.667. The topological polar surface area (TPSA) is 0 Å². The van der Waals surface area contributed by atoms with Gasteiger partial charge in [-0.1, -0.05) is 0 Å². The first-order valence-electron chi connectivity index (χ1n) is 8.13. The Hall–Kier alpha value is -0.920. The van der Waals surface area contributed by atoms with E-state index in [-0.39, 0.29) is 11.6 Å². The van der Waals surface area contributed by atoms with Gasteiger partial charge in [-0.3, -0.25) is 0 Å². The van der Waals surface area contributed by atoms with Crippen molar-refractivity contribution in [1.29, 1.82) is 0 Å². The largest absolute Gasteiger partial charge is 0.207 e. The fourth-order valence-corrected chi connectivity index (χ4v) is 5.57. The van der Waals surface area contributed by atoms with E-state index >= 15 is 0 Å². The lowest BCUT2D eigenvalue weighted by Gasteiger charge is -2.54. The normalized spacial score (nSPS) is 38.4. The summed E-state index contributed by atoms with van der Waals surface area (Å²) in [7, 11) is 0. The highest BCUT2D eigenvalue weighted by Crippen LogP contribution is 2.57. The van der Waals surface area contributed by atoms with Crippen molar-refractivity contribution in [2.75, 3.05) is 0 Å². The van der Waals surface area contributed by atoms with E-state index in [1.54, 1.807) is 0 Å². The number of rotatable bonds is 3. The van der Waals surface area contributed by atoms with Gasteiger partial charge in [0.15, 0.2) is 0 Å². The van der Waals surface area contributed by atoms with Crippen LogP contribution in [-0.2, 0) is 6.42 Å². The highest BCUT2D eigenvalue weighted by Gasteiger charge is 2.47. The van der Waals surface area contributed by atoms with Gasteiger partial charge in [0.25, 0.3) is 0 Å². The van der Waals surface area contributed by atoms with E-state index < -0.39 is 0 Å². The minimum atomic E-state index is -0.313.